The Bertz CT molecular complexity index is 564. The average molecular weight is 284 g/mol. The minimum atomic E-state index is 0.285. The minimum absolute atomic E-state index is 0.285. The molecule has 2 aromatic rings. The third-order valence-electron chi connectivity index (χ3n) is 4.10. The van der Waals surface area contributed by atoms with E-state index in [1.54, 1.807) is 0 Å². The molecule has 0 bridgehead atoms. The summed E-state index contributed by atoms with van der Waals surface area (Å²) in [6.07, 6.45) is 5.30. The summed E-state index contributed by atoms with van der Waals surface area (Å²) in [5.74, 6) is 0. The fourth-order valence-electron chi connectivity index (χ4n) is 2.83. The standard InChI is InChI=1S/C19H28N2/c1-5-13-20-17(19(2,3)4)12-11-16-9-6-8-15-10-7-14-21-18(15)16/h6-10,14,17,20H,5,11-13H2,1-4H3. The largest absolute Gasteiger partial charge is 0.313 e. The second kappa shape index (κ2) is 7.04. The van der Waals surface area contributed by atoms with E-state index in [9.17, 15) is 0 Å². The zero-order chi connectivity index (χ0) is 15.3. The van der Waals surface area contributed by atoms with Crippen LogP contribution in [0, 0.1) is 5.41 Å². The first-order valence-corrected chi connectivity index (χ1v) is 8.08. The molecule has 2 nitrogen and oxygen atoms in total. The van der Waals surface area contributed by atoms with Gasteiger partial charge in [0, 0.05) is 17.6 Å². The summed E-state index contributed by atoms with van der Waals surface area (Å²) in [7, 11) is 0. The SMILES string of the molecule is CCCNC(CCc1cccc2cccnc12)C(C)(C)C. The van der Waals surface area contributed by atoms with Gasteiger partial charge in [0.2, 0.25) is 0 Å². The van der Waals surface area contributed by atoms with Crippen molar-refractivity contribution in [2.24, 2.45) is 5.41 Å². The molecule has 1 unspecified atom stereocenters. The number of nitrogens with one attached hydrogen (secondary N) is 1. The average Bonchev–Trinajstić information content (AvgIpc) is 2.46. The molecule has 0 fully saturated rings. The minimum Gasteiger partial charge on any atom is -0.313 e. The van der Waals surface area contributed by atoms with E-state index in [0.717, 1.165) is 24.9 Å². The van der Waals surface area contributed by atoms with Gasteiger partial charge in [-0.05, 0) is 42.9 Å². The molecular weight excluding hydrogens is 256 g/mol. The summed E-state index contributed by atoms with van der Waals surface area (Å²) in [5, 5.41) is 4.95. The van der Waals surface area contributed by atoms with Crippen molar-refractivity contribution in [3.8, 4) is 0 Å². The molecule has 114 valence electrons. The molecule has 0 aliphatic rings. The Balaban J connectivity index is 2.12. The van der Waals surface area contributed by atoms with E-state index in [-0.39, 0.29) is 5.41 Å². The summed E-state index contributed by atoms with van der Waals surface area (Å²) in [4.78, 5) is 4.56. The number of rotatable bonds is 6. The van der Waals surface area contributed by atoms with Crippen LogP contribution in [-0.2, 0) is 6.42 Å². The normalized spacial score (nSPS) is 13.5. The Morgan fingerprint density at radius 2 is 1.90 bits per heavy atom. The number of nitrogens with zero attached hydrogens (tertiary/aromatic N) is 1. The van der Waals surface area contributed by atoms with Gasteiger partial charge in [-0.25, -0.2) is 0 Å². The van der Waals surface area contributed by atoms with Gasteiger partial charge in [-0.15, -0.1) is 0 Å². The van der Waals surface area contributed by atoms with Gasteiger partial charge < -0.3 is 5.32 Å². The van der Waals surface area contributed by atoms with Gasteiger partial charge in [0.05, 0.1) is 5.52 Å². The maximum Gasteiger partial charge on any atom is 0.0733 e. The number of benzene rings is 1. The second-order valence-corrected chi connectivity index (χ2v) is 6.90. The molecule has 1 atom stereocenters. The lowest BCUT2D eigenvalue weighted by atomic mass is 9.83. The predicted octanol–water partition coefficient (Wildman–Crippen LogP) is 4.58. The van der Waals surface area contributed by atoms with Crippen LogP contribution >= 0.6 is 0 Å². The molecule has 1 aromatic carbocycles. The summed E-state index contributed by atoms with van der Waals surface area (Å²) < 4.78 is 0. The Hall–Kier alpha value is -1.41. The van der Waals surface area contributed by atoms with Crippen LogP contribution in [0.25, 0.3) is 10.9 Å². The zero-order valence-electron chi connectivity index (χ0n) is 13.8. The lowest BCUT2D eigenvalue weighted by Crippen LogP contribution is -2.41. The molecule has 1 N–H and O–H groups in total. The second-order valence-electron chi connectivity index (χ2n) is 6.90. The third kappa shape index (κ3) is 4.28. The van der Waals surface area contributed by atoms with E-state index in [1.807, 2.05) is 12.3 Å². The van der Waals surface area contributed by atoms with E-state index in [4.69, 9.17) is 0 Å². The molecule has 2 rings (SSSR count). The van der Waals surface area contributed by atoms with Crippen molar-refractivity contribution in [3.63, 3.8) is 0 Å². The first kappa shape index (κ1) is 16.0. The Labute approximate surface area is 129 Å². The molecule has 2 heteroatoms. The fourth-order valence-corrected chi connectivity index (χ4v) is 2.83. The van der Waals surface area contributed by atoms with Gasteiger partial charge in [0.1, 0.15) is 0 Å². The number of pyridine rings is 1. The van der Waals surface area contributed by atoms with Crippen LogP contribution in [0.4, 0.5) is 0 Å². The summed E-state index contributed by atoms with van der Waals surface area (Å²) in [5.41, 5.74) is 2.80. The van der Waals surface area contributed by atoms with Crippen molar-refractivity contribution in [1.82, 2.24) is 10.3 Å². The molecule has 0 radical (unpaired) electrons. The van der Waals surface area contributed by atoms with Crippen LogP contribution in [0.2, 0.25) is 0 Å². The highest BCUT2D eigenvalue weighted by atomic mass is 14.9. The highest BCUT2D eigenvalue weighted by Gasteiger charge is 2.23. The summed E-state index contributed by atoms with van der Waals surface area (Å²) >= 11 is 0. The van der Waals surface area contributed by atoms with Crippen molar-refractivity contribution < 1.29 is 0 Å². The van der Waals surface area contributed by atoms with Crippen LogP contribution < -0.4 is 5.32 Å². The van der Waals surface area contributed by atoms with Crippen LogP contribution in [-0.4, -0.2) is 17.6 Å². The highest BCUT2D eigenvalue weighted by molar-refractivity contribution is 5.81. The molecular formula is C19H28N2. The van der Waals surface area contributed by atoms with Gasteiger partial charge in [0.15, 0.2) is 0 Å². The van der Waals surface area contributed by atoms with Crippen molar-refractivity contribution in [2.45, 2.75) is 53.0 Å². The molecule has 0 spiro atoms. The van der Waals surface area contributed by atoms with Crippen LogP contribution in [0.3, 0.4) is 0 Å². The highest BCUT2D eigenvalue weighted by Crippen LogP contribution is 2.25. The quantitative estimate of drug-likeness (QED) is 0.839. The van der Waals surface area contributed by atoms with Crippen LogP contribution in [0.1, 0.15) is 46.1 Å². The number of para-hydroxylation sites is 1. The molecule has 1 aromatic heterocycles. The maximum atomic E-state index is 4.56. The molecule has 0 aliphatic heterocycles. The van der Waals surface area contributed by atoms with Crippen LogP contribution in [0.15, 0.2) is 36.5 Å². The molecule has 0 aliphatic carbocycles. The summed E-state index contributed by atoms with van der Waals surface area (Å²) in [6.45, 7) is 10.3. The maximum absolute atomic E-state index is 4.56. The number of fused-ring (bicyclic) bond motifs is 1. The number of hydrogen-bond acceptors (Lipinski definition) is 2. The monoisotopic (exact) mass is 284 g/mol. The van der Waals surface area contributed by atoms with Crippen molar-refractivity contribution in [1.29, 1.82) is 0 Å². The van der Waals surface area contributed by atoms with E-state index in [1.165, 1.54) is 17.4 Å². The van der Waals surface area contributed by atoms with Crippen molar-refractivity contribution >= 4 is 10.9 Å². The molecule has 0 saturated carbocycles. The van der Waals surface area contributed by atoms with E-state index >= 15 is 0 Å². The predicted molar refractivity (Wildman–Crippen MR) is 91.6 cm³/mol. The first-order chi connectivity index (χ1) is 10.0. The van der Waals surface area contributed by atoms with E-state index in [0.29, 0.717) is 6.04 Å². The van der Waals surface area contributed by atoms with Crippen molar-refractivity contribution in [3.05, 3.63) is 42.1 Å². The summed E-state index contributed by atoms with van der Waals surface area (Å²) in [6, 6.07) is 11.2. The van der Waals surface area contributed by atoms with Crippen LogP contribution in [0.5, 0.6) is 0 Å². The van der Waals surface area contributed by atoms with Gasteiger partial charge in [0.25, 0.3) is 0 Å². The molecule has 0 amide bonds. The number of aromatic nitrogens is 1. The van der Waals surface area contributed by atoms with Gasteiger partial charge >= 0.3 is 0 Å². The van der Waals surface area contributed by atoms with Gasteiger partial charge in [-0.3, -0.25) is 4.98 Å². The van der Waals surface area contributed by atoms with Crippen molar-refractivity contribution in [2.75, 3.05) is 6.54 Å². The molecule has 21 heavy (non-hydrogen) atoms. The number of hydrogen-bond donors (Lipinski definition) is 1. The van der Waals surface area contributed by atoms with Gasteiger partial charge in [-0.1, -0.05) is 52.0 Å². The molecule has 1 heterocycles. The van der Waals surface area contributed by atoms with E-state index in [2.05, 4.69) is 62.3 Å². The third-order valence-corrected chi connectivity index (χ3v) is 4.10. The van der Waals surface area contributed by atoms with E-state index < -0.39 is 0 Å². The Morgan fingerprint density at radius 1 is 1.14 bits per heavy atom. The number of aryl methyl sites for hydroxylation is 1. The topological polar surface area (TPSA) is 24.9 Å². The Kier molecular flexibility index (Phi) is 5.35. The lowest BCUT2D eigenvalue weighted by molar-refractivity contribution is 0.255. The van der Waals surface area contributed by atoms with Gasteiger partial charge in [-0.2, -0.15) is 0 Å². The smallest absolute Gasteiger partial charge is 0.0733 e. The first-order valence-electron chi connectivity index (χ1n) is 8.08. The Morgan fingerprint density at radius 3 is 2.62 bits per heavy atom. The lowest BCUT2D eigenvalue weighted by Gasteiger charge is -2.32. The fraction of sp³-hybridized carbons (Fsp3) is 0.526. The molecule has 0 saturated heterocycles. The zero-order valence-corrected chi connectivity index (χ0v) is 13.8.